The van der Waals surface area contributed by atoms with E-state index in [1.165, 1.54) is 60.8 Å². The van der Waals surface area contributed by atoms with Crippen molar-refractivity contribution in [3.05, 3.63) is 309 Å². The second kappa shape index (κ2) is 19.9. The third kappa shape index (κ3) is 8.63. The molecule has 0 spiro atoms. The molecule has 3 heteroatoms. The standard InChI is InChI=1S/C72H51N3/c1-7-21-52(22-8-1)53-35-43-63(44-36-53)74(64-47-39-55(40-48-64)54-37-45-62(46-38-54)73(59-27-13-4-14-28-59)60-29-15-5-16-30-60)65-49-41-56(42-50-65)68-51-69-70(57-23-9-2-10-24-57)71(58-25-11-3-12-26-58)75(61-31-17-6-18-32-61)72(69)67-34-20-19-33-66(67)68/h1-51H. The maximum Gasteiger partial charge on any atom is 0.0620 e. The first-order valence-electron chi connectivity index (χ1n) is 25.7. The first kappa shape index (κ1) is 44.9. The van der Waals surface area contributed by atoms with Crippen molar-refractivity contribution in [3.8, 4) is 61.5 Å². The lowest BCUT2D eigenvalue weighted by atomic mass is 9.92. The summed E-state index contributed by atoms with van der Waals surface area (Å²) in [7, 11) is 0. The number of aromatic nitrogens is 1. The molecule has 1 heterocycles. The van der Waals surface area contributed by atoms with Gasteiger partial charge in [0.1, 0.15) is 0 Å². The van der Waals surface area contributed by atoms with E-state index in [2.05, 4.69) is 324 Å². The molecule has 0 aliphatic heterocycles. The van der Waals surface area contributed by atoms with E-state index in [9.17, 15) is 0 Å². The number of para-hydroxylation sites is 3. The van der Waals surface area contributed by atoms with Crippen molar-refractivity contribution >= 4 is 55.8 Å². The quantitative estimate of drug-likeness (QED) is 0.121. The highest BCUT2D eigenvalue weighted by molar-refractivity contribution is 6.20. The monoisotopic (exact) mass is 957 g/mol. The molecule has 354 valence electrons. The highest BCUT2D eigenvalue weighted by Gasteiger charge is 2.25. The number of nitrogens with zero attached hydrogens (tertiary/aromatic N) is 3. The largest absolute Gasteiger partial charge is 0.311 e. The van der Waals surface area contributed by atoms with Crippen LogP contribution >= 0.6 is 0 Å². The summed E-state index contributed by atoms with van der Waals surface area (Å²) in [5, 5.41) is 3.62. The van der Waals surface area contributed by atoms with Crippen molar-refractivity contribution in [1.82, 2.24) is 4.57 Å². The van der Waals surface area contributed by atoms with E-state index < -0.39 is 0 Å². The first-order chi connectivity index (χ1) is 37.2. The number of hydrogen-bond donors (Lipinski definition) is 0. The maximum atomic E-state index is 2.48. The molecule has 0 saturated carbocycles. The van der Waals surface area contributed by atoms with Crippen LogP contribution in [0.15, 0.2) is 309 Å². The van der Waals surface area contributed by atoms with E-state index in [0.29, 0.717) is 0 Å². The highest BCUT2D eigenvalue weighted by atomic mass is 15.1. The molecule has 0 saturated heterocycles. The maximum absolute atomic E-state index is 2.48. The van der Waals surface area contributed by atoms with Crippen LogP contribution in [-0.4, -0.2) is 4.57 Å². The Kier molecular flexibility index (Phi) is 11.9. The van der Waals surface area contributed by atoms with Crippen molar-refractivity contribution in [1.29, 1.82) is 0 Å². The van der Waals surface area contributed by atoms with Crippen molar-refractivity contribution in [2.45, 2.75) is 0 Å². The van der Waals surface area contributed by atoms with Gasteiger partial charge in [0.2, 0.25) is 0 Å². The predicted molar refractivity (Wildman–Crippen MR) is 317 cm³/mol. The minimum Gasteiger partial charge on any atom is -0.311 e. The summed E-state index contributed by atoms with van der Waals surface area (Å²) in [5.41, 5.74) is 20.7. The van der Waals surface area contributed by atoms with Gasteiger partial charge in [-0.1, -0.05) is 218 Å². The summed E-state index contributed by atoms with van der Waals surface area (Å²) in [6.45, 7) is 0. The average Bonchev–Trinajstić information content (AvgIpc) is 3.89. The summed E-state index contributed by atoms with van der Waals surface area (Å²) in [5.74, 6) is 0. The minimum absolute atomic E-state index is 1.07. The van der Waals surface area contributed by atoms with E-state index in [-0.39, 0.29) is 0 Å². The van der Waals surface area contributed by atoms with Gasteiger partial charge in [-0.15, -0.1) is 0 Å². The van der Waals surface area contributed by atoms with Gasteiger partial charge in [0, 0.05) is 56.1 Å². The van der Waals surface area contributed by atoms with Gasteiger partial charge in [0.05, 0.1) is 11.2 Å². The van der Waals surface area contributed by atoms with Crippen molar-refractivity contribution < 1.29 is 0 Å². The first-order valence-corrected chi connectivity index (χ1v) is 25.7. The zero-order chi connectivity index (χ0) is 49.9. The highest BCUT2D eigenvalue weighted by Crippen LogP contribution is 2.48. The van der Waals surface area contributed by atoms with Crippen LogP contribution < -0.4 is 9.80 Å². The Bertz CT molecular complexity index is 3990. The molecule has 0 amide bonds. The lowest BCUT2D eigenvalue weighted by Crippen LogP contribution is -2.10. The minimum atomic E-state index is 1.07. The van der Waals surface area contributed by atoms with Gasteiger partial charge in [0.25, 0.3) is 0 Å². The molecule has 0 atom stereocenters. The fourth-order valence-electron chi connectivity index (χ4n) is 10.9. The molecule has 1 aromatic heterocycles. The zero-order valence-corrected chi connectivity index (χ0v) is 41.3. The predicted octanol–water partition coefficient (Wildman–Crippen LogP) is 20.1. The third-order valence-electron chi connectivity index (χ3n) is 14.4. The number of fused-ring (bicyclic) bond motifs is 3. The Morgan fingerprint density at radius 1 is 0.227 bits per heavy atom. The Balaban J connectivity index is 0.912. The van der Waals surface area contributed by atoms with Gasteiger partial charge in [-0.2, -0.15) is 0 Å². The molecule has 12 aromatic carbocycles. The molecule has 75 heavy (non-hydrogen) atoms. The molecule has 0 aliphatic carbocycles. The van der Waals surface area contributed by atoms with Crippen LogP contribution in [0.1, 0.15) is 0 Å². The molecule has 3 nitrogen and oxygen atoms in total. The van der Waals surface area contributed by atoms with E-state index in [0.717, 1.165) is 56.5 Å². The summed E-state index contributed by atoms with van der Waals surface area (Å²) in [6.07, 6.45) is 0. The number of hydrogen-bond acceptors (Lipinski definition) is 2. The van der Waals surface area contributed by atoms with Gasteiger partial charge < -0.3 is 14.4 Å². The van der Waals surface area contributed by atoms with Gasteiger partial charge in [-0.05, 0) is 141 Å². The second-order valence-corrected chi connectivity index (χ2v) is 18.9. The van der Waals surface area contributed by atoms with E-state index in [1.54, 1.807) is 0 Å². The molecular formula is C72H51N3. The number of benzene rings is 12. The molecule has 0 bridgehead atoms. The Morgan fingerprint density at radius 3 is 0.987 bits per heavy atom. The molecule has 13 rings (SSSR count). The summed E-state index contributed by atoms with van der Waals surface area (Å²) >= 11 is 0. The number of rotatable bonds is 12. The van der Waals surface area contributed by atoms with Crippen LogP contribution in [0.4, 0.5) is 34.1 Å². The van der Waals surface area contributed by atoms with Crippen LogP contribution in [0, 0.1) is 0 Å². The lowest BCUT2D eigenvalue weighted by Gasteiger charge is -2.26. The van der Waals surface area contributed by atoms with Crippen LogP contribution in [0.25, 0.3) is 83.1 Å². The van der Waals surface area contributed by atoms with E-state index in [4.69, 9.17) is 0 Å². The van der Waals surface area contributed by atoms with Gasteiger partial charge in [-0.25, -0.2) is 0 Å². The molecule has 0 N–H and O–H groups in total. The van der Waals surface area contributed by atoms with Gasteiger partial charge >= 0.3 is 0 Å². The summed E-state index contributed by atoms with van der Waals surface area (Å²) in [6, 6.07) is 112. The second-order valence-electron chi connectivity index (χ2n) is 18.9. The average molecular weight is 958 g/mol. The van der Waals surface area contributed by atoms with Crippen LogP contribution in [-0.2, 0) is 0 Å². The van der Waals surface area contributed by atoms with Crippen molar-refractivity contribution in [3.63, 3.8) is 0 Å². The van der Waals surface area contributed by atoms with Gasteiger partial charge in [-0.3, -0.25) is 0 Å². The van der Waals surface area contributed by atoms with E-state index >= 15 is 0 Å². The molecule has 0 fully saturated rings. The van der Waals surface area contributed by atoms with Crippen molar-refractivity contribution in [2.24, 2.45) is 0 Å². The third-order valence-corrected chi connectivity index (χ3v) is 14.4. The normalized spacial score (nSPS) is 11.2. The Morgan fingerprint density at radius 2 is 0.547 bits per heavy atom. The van der Waals surface area contributed by atoms with Crippen LogP contribution in [0.5, 0.6) is 0 Å². The smallest absolute Gasteiger partial charge is 0.0620 e. The zero-order valence-electron chi connectivity index (χ0n) is 41.3. The van der Waals surface area contributed by atoms with Crippen LogP contribution in [0.3, 0.4) is 0 Å². The Hall–Kier alpha value is -9.96. The SMILES string of the molecule is c1ccc(-c2ccc(N(c3ccc(-c4ccc(N(c5ccccc5)c5ccccc5)cc4)cc3)c3ccc(-c4cc5c(-c6ccccc6)c(-c6ccccc6)n(-c6ccccc6)c5c5ccccc45)cc3)cc2)cc1. The lowest BCUT2D eigenvalue weighted by molar-refractivity contribution is 1.14. The molecule has 0 unspecified atom stereocenters. The number of anilines is 6. The van der Waals surface area contributed by atoms with Crippen LogP contribution in [0.2, 0.25) is 0 Å². The molecule has 0 aliphatic rings. The summed E-state index contributed by atoms with van der Waals surface area (Å²) < 4.78 is 2.48. The van der Waals surface area contributed by atoms with Crippen molar-refractivity contribution in [2.75, 3.05) is 9.80 Å². The van der Waals surface area contributed by atoms with E-state index in [1.807, 2.05) is 0 Å². The Labute approximate surface area is 438 Å². The topological polar surface area (TPSA) is 11.4 Å². The molecule has 0 radical (unpaired) electrons. The molecule has 13 aromatic rings. The van der Waals surface area contributed by atoms with Gasteiger partial charge in [0.15, 0.2) is 0 Å². The fourth-order valence-corrected chi connectivity index (χ4v) is 10.9. The summed E-state index contributed by atoms with van der Waals surface area (Å²) in [4.78, 5) is 4.66. The molecular weight excluding hydrogens is 907 g/mol. The fraction of sp³-hybridized carbons (Fsp3) is 0.